The minimum absolute atomic E-state index is 0.0384. The van der Waals surface area contributed by atoms with Gasteiger partial charge in [-0.1, -0.05) is 39.8 Å². The summed E-state index contributed by atoms with van der Waals surface area (Å²) in [5.41, 5.74) is 2.78. The minimum Gasteiger partial charge on any atom is -0.424 e. The summed E-state index contributed by atoms with van der Waals surface area (Å²) in [5, 5.41) is 0. The predicted molar refractivity (Wildman–Crippen MR) is 82.0 cm³/mol. The number of carbonyl (C=O) groups is 1. The van der Waals surface area contributed by atoms with Gasteiger partial charge in [0.15, 0.2) is 6.29 Å². The summed E-state index contributed by atoms with van der Waals surface area (Å²) < 4.78 is 5.80. The number of ether oxygens (including phenoxy) is 1. The topological polar surface area (TPSA) is 52.1 Å². The second kappa shape index (κ2) is 6.04. The van der Waals surface area contributed by atoms with E-state index in [-0.39, 0.29) is 11.4 Å². The lowest BCUT2D eigenvalue weighted by Gasteiger charge is -2.23. The summed E-state index contributed by atoms with van der Waals surface area (Å²) in [4.78, 5) is 18.7. The summed E-state index contributed by atoms with van der Waals surface area (Å²) in [6.07, 6.45) is 4.59. The molecule has 4 heteroatoms. The van der Waals surface area contributed by atoms with Crippen molar-refractivity contribution in [1.29, 1.82) is 0 Å². The molecule has 4 nitrogen and oxygen atoms in total. The van der Waals surface area contributed by atoms with E-state index >= 15 is 0 Å². The summed E-state index contributed by atoms with van der Waals surface area (Å²) in [5.74, 6) is 0.749. The first-order valence-corrected chi connectivity index (χ1v) is 7.02. The molecule has 2 rings (SSSR count). The van der Waals surface area contributed by atoms with Crippen LogP contribution in [0.15, 0.2) is 30.6 Å². The number of carbonyl (C=O) groups excluding carboxylic acids is 1. The molecule has 0 amide bonds. The zero-order valence-electron chi connectivity index (χ0n) is 12.9. The van der Waals surface area contributed by atoms with Gasteiger partial charge >= 0.3 is 6.01 Å². The van der Waals surface area contributed by atoms with Crippen molar-refractivity contribution in [2.24, 2.45) is 0 Å². The zero-order chi connectivity index (χ0) is 15.5. The lowest BCUT2D eigenvalue weighted by molar-refractivity contribution is 0.112. The van der Waals surface area contributed by atoms with Crippen LogP contribution in [0.25, 0.3) is 0 Å². The van der Waals surface area contributed by atoms with Crippen molar-refractivity contribution in [3.63, 3.8) is 0 Å². The van der Waals surface area contributed by atoms with Crippen LogP contribution in [0.3, 0.4) is 0 Å². The molecule has 0 atom stereocenters. The average molecular weight is 284 g/mol. The molecule has 0 aliphatic heterocycles. The van der Waals surface area contributed by atoms with Gasteiger partial charge in [0.25, 0.3) is 0 Å². The quantitative estimate of drug-likeness (QED) is 0.798. The van der Waals surface area contributed by atoms with Crippen LogP contribution in [0.5, 0.6) is 11.8 Å². The van der Waals surface area contributed by atoms with E-state index < -0.39 is 0 Å². The molecule has 0 N–H and O–H groups in total. The molecule has 0 unspecified atom stereocenters. The molecule has 0 bridgehead atoms. The number of aromatic nitrogens is 2. The van der Waals surface area contributed by atoms with Gasteiger partial charge in [-0.05, 0) is 23.5 Å². The molecule has 0 saturated heterocycles. The van der Waals surface area contributed by atoms with Crippen LogP contribution >= 0.6 is 0 Å². The first-order valence-electron chi connectivity index (χ1n) is 7.02. The molecule has 1 aromatic carbocycles. The maximum absolute atomic E-state index is 10.6. The van der Waals surface area contributed by atoms with Crippen molar-refractivity contribution in [3.8, 4) is 11.8 Å². The molecule has 21 heavy (non-hydrogen) atoms. The van der Waals surface area contributed by atoms with Gasteiger partial charge in [0.05, 0.1) is 5.56 Å². The van der Waals surface area contributed by atoms with Crippen molar-refractivity contribution in [2.45, 2.75) is 39.5 Å². The van der Waals surface area contributed by atoms with E-state index in [2.05, 4.69) is 43.7 Å². The average Bonchev–Trinajstić information content (AvgIpc) is 2.47. The normalized spacial score (nSPS) is 11.2. The Morgan fingerprint density at radius 3 is 2.38 bits per heavy atom. The third-order valence-corrected chi connectivity index (χ3v) is 3.25. The maximum Gasteiger partial charge on any atom is 0.321 e. The second-order valence-electron chi connectivity index (χ2n) is 5.95. The van der Waals surface area contributed by atoms with Crippen molar-refractivity contribution in [1.82, 2.24) is 9.97 Å². The second-order valence-corrected chi connectivity index (χ2v) is 5.95. The summed E-state index contributed by atoms with van der Waals surface area (Å²) >= 11 is 0. The maximum atomic E-state index is 10.6. The fraction of sp³-hybridized carbons (Fsp3) is 0.353. The molecule has 0 aliphatic carbocycles. The third-order valence-electron chi connectivity index (χ3n) is 3.25. The van der Waals surface area contributed by atoms with Gasteiger partial charge in [0, 0.05) is 18.0 Å². The molecule has 110 valence electrons. The Bertz CT molecular complexity index is 628. The van der Waals surface area contributed by atoms with Crippen molar-refractivity contribution < 1.29 is 9.53 Å². The van der Waals surface area contributed by atoms with Crippen LogP contribution in [0, 0.1) is 0 Å². The van der Waals surface area contributed by atoms with Gasteiger partial charge < -0.3 is 4.74 Å². The van der Waals surface area contributed by atoms with E-state index in [9.17, 15) is 4.79 Å². The largest absolute Gasteiger partial charge is 0.424 e. The summed E-state index contributed by atoms with van der Waals surface area (Å²) in [6.45, 7) is 8.56. The first-order chi connectivity index (χ1) is 9.94. The van der Waals surface area contributed by atoms with Gasteiger partial charge in [-0.3, -0.25) is 4.79 Å². The molecule has 0 fully saturated rings. The van der Waals surface area contributed by atoms with Crippen LogP contribution in [-0.2, 0) is 11.8 Å². The van der Waals surface area contributed by atoms with E-state index in [1.54, 1.807) is 0 Å². The Morgan fingerprint density at radius 2 is 1.86 bits per heavy atom. The van der Waals surface area contributed by atoms with Gasteiger partial charge in [0.2, 0.25) is 0 Å². The SMILES string of the molecule is CCc1ccc(Oc2ncc(C=O)cn2)c(C(C)(C)C)c1. The Labute approximate surface area is 125 Å². The fourth-order valence-electron chi connectivity index (χ4n) is 2.01. The Kier molecular flexibility index (Phi) is 4.36. The predicted octanol–water partition coefficient (Wildman–Crippen LogP) is 3.94. The molecule has 0 saturated carbocycles. The highest BCUT2D eigenvalue weighted by molar-refractivity contribution is 5.73. The first kappa shape index (κ1) is 15.2. The van der Waals surface area contributed by atoms with Crippen LogP contribution in [-0.4, -0.2) is 16.3 Å². The van der Waals surface area contributed by atoms with E-state index in [1.165, 1.54) is 18.0 Å². The Morgan fingerprint density at radius 1 is 1.19 bits per heavy atom. The van der Waals surface area contributed by atoms with Crippen LogP contribution < -0.4 is 4.74 Å². The van der Waals surface area contributed by atoms with E-state index in [4.69, 9.17) is 4.74 Å². The van der Waals surface area contributed by atoms with Crippen LogP contribution in [0.2, 0.25) is 0 Å². The Hall–Kier alpha value is -2.23. The number of benzene rings is 1. The van der Waals surface area contributed by atoms with E-state index in [0.717, 1.165) is 17.7 Å². The fourth-order valence-corrected chi connectivity index (χ4v) is 2.01. The zero-order valence-corrected chi connectivity index (χ0v) is 12.9. The van der Waals surface area contributed by atoms with E-state index in [1.807, 2.05) is 12.1 Å². The third kappa shape index (κ3) is 3.66. The van der Waals surface area contributed by atoms with Crippen LogP contribution in [0.1, 0.15) is 49.2 Å². The molecular formula is C17H20N2O2. The number of hydrogen-bond donors (Lipinski definition) is 0. The lowest BCUT2D eigenvalue weighted by atomic mass is 9.85. The molecule has 1 heterocycles. The number of aldehydes is 1. The highest BCUT2D eigenvalue weighted by atomic mass is 16.5. The van der Waals surface area contributed by atoms with Crippen molar-refractivity contribution >= 4 is 6.29 Å². The number of nitrogens with zero attached hydrogens (tertiary/aromatic N) is 2. The smallest absolute Gasteiger partial charge is 0.321 e. The summed E-state index contributed by atoms with van der Waals surface area (Å²) in [7, 11) is 0. The van der Waals surface area contributed by atoms with Gasteiger partial charge in [-0.15, -0.1) is 0 Å². The van der Waals surface area contributed by atoms with E-state index in [0.29, 0.717) is 11.8 Å². The number of hydrogen-bond acceptors (Lipinski definition) is 4. The molecule has 0 aliphatic rings. The number of aryl methyl sites for hydroxylation is 1. The van der Waals surface area contributed by atoms with Gasteiger partial charge in [0.1, 0.15) is 5.75 Å². The standard InChI is InChI=1S/C17H20N2O2/c1-5-12-6-7-15(14(8-12)17(2,3)4)21-16-18-9-13(11-20)10-19-16/h6-11H,5H2,1-4H3. The molecular weight excluding hydrogens is 264 g/mol. The van der Waals surface area contributed by atoms with Gasteiger partial charge in [-0.25, -0.2) is 9.97 Å². The highest BCUT2D eigenvalue weighted by Crippen LogP contribution is 2.34. The highest BCUT2D eigenvalue weighted by Gasteiger charge is 2.20. The Balaban J connectivity index is 2.36. The molecule has 0 radical (unpaired) electrons. The monoisotopic (exact) mass is 284 g/mol. The lowest BCUT2D eigenvalue weighted by Crippen LogP contribution is -2.13. The minimum atomic E-state index is -0.0384. The molecule has 1 aromatic heterocycles. The van der Waals surface area contributed by atoms with Gasteiger partial charge in [-0.2, -0.15) is 0 Å². The van der Waals surface area contributed by atoms with Crippen molar-refractivity contribution in [2.75, 3.05) is 0 Å². The number of rotatable bonds is 4. The van der Waals surface area contributed by atoms with Crippen molar-refractivity contribution in [3.05, 3.63) is 47.3 Å². The molecule has 0 spiro atoms. The summed E-state index contributed by atoms with van der Waals surface area (Å²) in [6, 6.07) is 6.41. The molecule has 2 aromatic rings. The van der Waals surface area contributed by atoms with Crippen LogP contribution in [0.4, 0.5) is 0 Å².